The van der Waals surface area contributed by atoms with E-state index in [-0.39, 0.29) is 11.5 Å². The van der Waals surface area contributed by atoms with Gasteiger partial charge in [-0.2, -0.15) is 0 Å². The largest absolute Gasteiger partial charge is 0.508 e. The fourth-order valence-corrected chi connectivity index (χ4v) is 1.84. The predicted molar refractivity (Wildman–Crippen MR) is 72.1 cm³/mol. The molecule has 0 bridgehead atoms. The number of ketones is 1. The second-order valence-electron chi connectivity index (χ2n) is 4.35. The molecule has 0 spiro atoms. The quantitative estimate of drug-likeness (QED) is 0.810. The molecule has 0 radical (unpaired) electrons. The van der Waals surface area contributed by atoms with Gasteiger partial charge in [0.15, 0.2) is 5.78 Å². The number of Topliss-reactive ketones (excluding diaryl/α,β-unsaturated/α-hetero) is 1. The van der Waals surface area contributed by atoms with Crippen LogP contribution in [0, 0.1) is 0 Å². The number of aromatic hydroxyl groups is 1. The van der Waals surface area contributed by atoms with Crippen molar-refractivity contribution in [3.05, 3.63) is 54.0 Å². The van der Waals surface area contributed by atoms with Crippen LogP contribution >= 0.6 is 0 Å². The standard InChI is InChI=1S/C15H17NO3/c1-2-16(10-14-4-3-9-19-14)11-15(18)12-5-7-13(17)8-6-12/h3-9,17H,2,10-11H2,1H3. The number of carbonyl (C=O) groups is 1. The first-order valence-electron chi connectivity index (χ1n) is 6.26. The van der Waals surface area contributed by atoms with Gasteiger partial charge in [-0.15, -0.1) is 0 Å². The third-order valence-electron chi connectivity index (χ3n) is 2.96. The fourth-order valence-electron chi connectivity index (χ4n) is 1.84. The van der Waals surface area contributed by atoms with Gasteiger partial charge in [0.05, 0.1) is 19.4 Å². The monoisotopic (exact) mass is 259 g/mol. The molecular formula is C15H17NO3. The van der Waals surface area contributed by atoms with Crippen molar-refractivity contribution in [2.24, 2.45) is 0 Å². The van der Waals surface area contributed by atoms with Crippen LogP contribution in [-0.4, -0.2) is 28.9 Å². The molecule has 4 nitrogen and oxygen atoms in total. The molecule has 0 aliphatic heterocycles. The first kappa shape index (κ1) is 13.4. The number of phenolic OH excluding ortho intramolecular Hbond substituents is 1. The minimum Gasteiger partial charge on any atom is -0.508 e. The van der Waals surface area contributed by atoms with Gasteiger partial charge in [0.2, 0.25) is 0 Å². The van der Waals surface area contributed by atoms with Crippen LogP contribution in [0.2, 0.25) is 0 Å². The average molecular weight is 259 g/mol. The first-order chi connectivity index (χ1) is 9.19. The van der Waals surface area contributed by atoms with Gasteiger partial charge in [-0.1, -0.05) is 6.92 Å². The summed E-state index contributed by atoms with van der Waals surface area (Å²) in [7, 11) is 0. The number of furan rings is 1. The molecule has 1 aromatic heterocycles. The Kier molecular flexibility index (Phi) is 4.36. The van der Waals surface area contributed by atoms with Gasteiger partial charge in [0.1, 0.15) is 11.5 Å². The predicted octanol–water partition coefficient (Wildman–Crippen LogP) is 2.69. The van der Waals surface area contributed by atoms with E-state index in [9.17, 15) is 9.90 Å². The van der Waals surface area contributed by atoms with Crippen LogP contribution in [0.3, 0.4) is 0 Å². The number of carbonyl (C=O) groups excluding carboxylic acids is 1. The van der Waals surface area contributed by atoms with E-state index in [0.717, 1.165) is 12.3 Å². The van der Waals surface area contributed by atoms with Crippen molar-refractivity contribution in [1.82, 2.24) is 4.90 Å². The van der Waals surface area contributed by atoms with Gasteiger partial charge in [-0.05, 0) is 42.9 Å². The summed E-state index contributed by atoms with van der Waals surface area (Å²) in [6.07, 6.45) is 1.63. The molecule has 0 amide bonds. The third kappa shape index (κ3) is 3.69. The molecule has 2 rings (SSSR count). The topological polar surface area (TPSA) is 53.7 Å². The molecule has 1 N–H and O–H groups in total. The number of nitrogens with zero attached hydrogens (tertiary/aromatic N) is 1. The van der Waals surface area contributed by atoms with Crippen molar-refractivity contribution in [1.29, 1.82) is 0 Å². The Morgan fingerprint density at radius 3 is 2.58 bits per heavy atom. The lowest BCUT2D eigenvalue weighted by Gasteiger charge is -2.18. The number of likely N-dealkylation sites (N-methyl/N-ethyl adjacent to an activating group) is 1. The molecule has 2 aromatic rings. The van der Waals surface area contributed by atoms with E-state index >= 15 is 0 Å². The molecule has 19 heavy (non-hydrogen) atoms. The van der Waals surface area contributed by atoms with Gasteiger partial charge in [-0.25, -0.2) is 0 Å². The number of hydrogen-bond donors (Lipinski definition) is 1. The Bertz CT molecular complexity index is 517. The smallest absolute Gasteiger partial charge is 0.176 e. The van der Waals surface area contributed by atoms with E-state index in [1.807, 2.05) is 24.0 Å². The van der Waals surface area contributed by atoms with Crippen molar-refractivity contribution < 1.29 is 14.3 Å². The summed E-state index contributed by atoms with van der Waals surface area (Å²) >= 11 is 0. The molecule has 0 saturated carbocycles. The zero-order valence-electron chi connectivity index (χ0n) is 10.9. The van der Waals surface area contributed by atoms with Crippen molar-refractivity contribution >= 4 is 5.78 Å². The molecule has 1 heterocycles. The van der Waals surface area contributed by atoms with Crippen molar-refractivity contribution in [2.75, 3.05) is 13.1 Å². The fraction of sp³-hybridized carbons (Fsp3) is 0.267. The van der Waals surface area contributed by atoms with E-state index in [2.05, 4.69) is 0 Å². The second-order valence-corrected chi connectivity index (χ2v) is 4.35. The number of phenols is 1. The molecule has 0 unspecified atom stereocenters. The van der Waals surface area contributed by atoms with Gasteiger partial charge < -0.3 is 9.52 Å². The highest BCUT2D eigenvalue weighted by atomic mass is 16.3. The first-order valence-corrected chi connectivity index (χ1v) is 6.26. The van der Waals surface area contributed by atoms with Crippen molar-refractivity contribution in [3.63, 3.8) is 0 Å². The minimum atomic E-state index is 0.0356. The van der Waals surface area contributed by atoms with Crippen molar-refractivity contribution in [3.8, 4) is 5.75 Å². The van der Waals surface area contributed by atoms with Gasteiger partial charge >= 0.3 is 0 Å². The maximum absolute atomic E-state index is 12.1. The molecule has 0 saturated heterocycles. The molecule has 4 heteroatoms. The molecule has 0 fully saturated rings. The number of benzene rings is 1. The van der Waals surface area contributed by atoms with E-state index in [0.29, 0.717) is 18.7 Å². The van der Waals surface area contributed by atoms with Crippen LogP contribution in [0.4, 0.5) is 0 Å². The highest BCUT2D eigenvalue weighted by Crippen LogP contribution is 2.11. The average Bonchev–Trinajstić information content (AvgIpc) is 2.91. The Morgan fingerprint density at radius 1 is 1.26 bits per heavy atom. The van der Waals surface area contributed by atoms with Crippen LogP contribution in [0.1, 0.15) is 23.0 Å². The number of hydrogen-bond acceptors (Lipinski definition) is 4. The summed E-state index contributed by atoms with van der Waals surface area (Å²) in [5, 5.41) is 9.20. The summed E-state index contributed by atoms with van der Waals surface area (Å²) < 4.78 is 5.28. The highest BCUT2D eigenvalue weighted by molar-refractivity contribution is 5.97. The Hall–Kier alpha value is -2.07. The molecule has 1 aromatic carbocycles. The third-order valence-corrected chi connectivity index (χ3v) is 2.96. The van der Waals surface area contributed by atoms with E-state index < -0.39 is 0 Å². The van der Waals surface area contributed by atoms with Gasteiger partial charge in [0, 0.05) is 5.56 Å². The lowest BCUT2D eigenvalue weighted by molar-refractivity contribution is 0.0925. The Labute approximate surface area is 112 Å². The zero-order chi connectivity index (χ0) is 13.7. The van der Waals surface area contributed by atoms with E-state index in [4.69, 9.17) is 4.42 Å². The number of rotatable bonds is 6. The lowest BCUT2D eigenvalue weighted by Crippen LogP contribution is -2.29. The SMILES string of the molecule is CCN(CC(=O)c1ccc(O)cc1)Cc1ccco1. The van der Waals surface area contributed by atoms with Crippen LogP contribution in [0.5, 0.6) is 5.75 Å². The minimum absolute atomic E-state index is 0.0356. The van der Waals surface area contributed by atoms with Crippen LogP contribution in [-0.2, 0) is 6.54 Å². The van der Waals surface area contributed by atoms with Crippen molar-refractivity contribution in [2.45, 2.75) is 13.5 Å². The lowest BCUT2D eigenvalue weighted by atomic mass is 10.1. The highest BCUT2D eigenvalue weighted by Gasteiger charge is 2.12. The summed E-state index contributed by atoms with van der Waals surface area (Å²) in [6, 6.07) is 10.1. The van der Waals surface area contributed by atoms with Gasteiger partial charge in [0.25, 0.3) is 0 Å². The molecular weight excluding hydrogens is 242 g/mol. The second kappa shape index (κ2) is 6.20. The molecule has 0 atom stereocenters. The summed E-state index contributed by atoms with van der Waals surface area (Å²) in [5.41, 5.74) is 0.607. The Balaban J connectivity index is 1.98. The van der Waals surface area contributed by atoms with Crippen LogP contribution in [0.25, 0.3) is 0 Å². The summed E-state index contributed by atoms with van der Waals surface area (Å²) in [4.78, 5) is 14.1. The van der Waals surface area contributed by atoms with Gasteiger partial charge in [-0.3, -0.25) is 9.69 Å². The van der Waals surface area contributed by atoms with Crippen LogP contribution < -0.4 is 0 Å². The summed E-state index contributed by atoms with van der Waals surface area (Å²) in [6.45, 7) is 3.73. The maximum Gasteiger partial charge on any atom is 0.176 e. The molecule has 0 aliphatic rings. The normalized spacial score (nSPS) is 10.8. The van der Waals surface area contributed by atoms with Crippen LogP contribution in [0.15, 0.2) is 47.1 Å². The zero-order valence-corrected chi connectivity index (χ0v) is 10.9. The molecule has 0 aliphatic carbocycles. The summed E-state index contributed by atoms with van der Waals surface area (Å²) in [5.74, 6) is 1.05. The maximum atomic E-state index is 12.1. The van der Waals surface area contributed by atoms with E-state index in [1.54, 1.807) is 18.4 Å². The molecule has 100 valence electrons. The van der Waals surface area contributed by atoms with E-state index in [1.165, 1.54) is 12.1 Å². The Morgan fingerprint density at radius 2 is 2.00 bits per heavy atom.